The van der Waals surface area contributed by atoms with Crippen LogP contribution < -0.4 is 0 Å². The van der Waals surface area contributed by atoms with Gasteiger partial charge in [-0.15, -0.1) is 11.8 Å². The number of fused-ring (bicyclic) bond motifs is 3. The number of carbonyl (C=O) groups excluding carboxylic acids is 1. The van der Waals surface area contributed by atoms with Crippen LogP contribution in [-0.4, -0.2) is 56.0 Å². The quantitative estimate of drug-likeness (QED) is 0.654. The van der Waals surface area contributed by atoms with Gasteiger partial charge in [-0.25, -0.2) is 9.48 Å². The second-order valence-electron chi connectivity index (χ2n) is 7.78. The van der Waals surface area contributed by atoms with Crippen LogP contribution in [0, 0.1) is 0 Å². The molecule has 1 fully saturated rings. The Kier molecular flexibility index (Phi) is 5.03. The van der Waals surface area contributed by atoms with Gasteiger partial charge in [0.25, 0.3) is 5.91 Å². The fraction of sp³-hybridized carbons (Fsp3) is 0.261. The molecule has 158 valence electrons. The lowest BCUT2D eigenvalue weighted by atomic mass is 10.0. The average molecular weight is 436 g/mol. The Bertz CT molecular complexity index is 1190. The number of thioether (sulfide) groups is 1. The molecule has 1 unspecified atom stereocenters. The Labute approximate surface area is 183 Å². The Morgan fingerprint density at radius 1 is 1.13 bits per heavy atom. The van der Waals surface area contributed by atoms with Crippen molar-refractivity contribution < 1.29 is 19.8 Å². The number of aliphatic hydroxyl groups is 1. The number of benzene rings is 2. The lowest BCUT2D eigenvalue weighted by Crippen LogP contribution is -2.42. The van der Waals surface area contributed by atoms with Crippen LogP contribution in [0.2, 0.25) is 0 Å². The van der Waals surface area contributed by atoms with E-state index < -0.39 is 12.1 Å². The number of likely N-dealkylation sites (tertiary alicyclic amines) is 1. The highest BCUT2D eigenvalue weighted by Gasteiger charge is 2.29. The number of β-amino-alcohol motifs (C(OH)–C–C–N with tert-alkyl or cyclic N) is 1. The van der Waals surface area contributed by atoms with Crippen molar-refractivity contribution >= 4 is 23.6 Å². The molecule has 3 heterocycles. The fourth-order valence-corrected chi connectivity index (χ4v) is 5.32. The Morgan fingerprint density at radius 2 is 1.97 bits per heavy atom. The first-order chi connectivity index (χ1) is 15.0. The third-order valence-corrected chi connectivity index (χ3v) is 6.82. The molecule has 7 nitrogen and oxygen atoms in total. The highest BCUT2D eigenvalue weighted by atomic mass is 32.2. The van der Waals surface area contributed by atoms with Crippen molar-refractivity contribution in [1.82, 2.24) is 14.7 Å². The van der Waals surface area contributed by atoms with Gasteiger partial charge in [0.2, 0.25) is 0 Å². The Balaban J connectivity index is 1.60. The van der Waals surface area contributed by atoms with Crippen molar-refractivity contribution in [1.29, 1.82) is 0 Å². The maximum Gasteiger partial charge on any atom is 0.356 e. The highest BCUT2D eigenvalue weighted by Crippen LogP contribution is 2.43. The van der Waals surface area contributed by atoms with E-state index in [1.165, 1.54) is 0 Å². The number of aliphatic hydroxyl groups excluding tert-OH is 1. The van der Waals surface area contributed by atoms with Gasteiger partial charge in [0.15, 0.2) is 5.69 Å². The first-order valence-electron chi connectivity index (χ1n) is 10.2. The van der Waals surface area contributed by atoms with E-state index in [4.69, 9.17) is 0 Å². The van der Waals surface area contributed by atoms with Crippen molar-refractivity contribution in [3.05, 3.63) is 65.4 Å². The van der Waals surface area contributed by atoms with E-state index in [1.807, 2.05) is 30.3 Å². The molecule has 2 aliphatic heterocycles. The zero-order chi connectivity index (χ0) is 21.5. The number of aromatic carboxylic acids is 1. The van der Waals surface area contributed by atoms with Crippen LogP contribution in [0.25, 0.3) is 16.9 Å². The van der Waals surface area contributed by atoms with Gasteiger partial charge in [0.1, 0.15) is 0 Å². The molecule has 0 radical (unpaired) electrons. The summed E-state index contributed by atoms with van der Waals surface area (Å²) in [5, 5.41) is 24.1. The molecule has 1 saturated heterocycles. The number of hydrogen-bond acceptors (Lipinski definition) is 5. The van der Waals surface area contributed by atoms with Gasteiger partial charge < -0.3 is 15.1 Å². The third kappa shape index (κ3) is 3.51. The van der Waals surface area contributed by atoms with Gasteiger partial charge >= 0.3 is 5.97 Å². The molecule has 0 saturated carbocycles. The monoisotopic (exact) mass is 435 g/mol. The van der Waals surface area contributed by atoms with Crippen molar-refractivity contribution in [2.75, 3.05) is 13.1 Å². The van der Waals surface area contributed by atoms with E-state index in [0.717, 1.165) is 22.6 Å². The lowest BCUT2D eigenvalue weighted by Gasteiger charge is -2.30. The smallest absolute Gasteiger partial charge is 0.356 e. The SMILES string of the molecule is O=C(O)c1nn(-c2cccc(C(=O)N3CCCC(O)C3)c2)c2c1CSc1ccccc1-2. The molecular formula is C23H21N3O4S. The molecule has 3 aromatic rings. The van der Waals surface area contributed by atoms with Crippen molar-refractivity contribution in [3.63, 3.8) is 0 Å². The van der Waals surface area contributed by atoms with Crippen LogP contribution in [0.3, 0.4) is 0 Å². The van der Waals surface area contributed by atoms with E-state index in [-0.39, 0.29) is 11.6 Å². The van der Waals surface area contributed by atoms with E-state index in [2.05, 4.69) is 5.10 Å². The van der Waals surface area contributed by atoms with Gasteiger partial charge in [-0.3, -0.25) is 4.79 Å². The number of hydrogen-bond donors (Lipinski definition) is 2. The molecule has 1 amide bonds. The molecule has 0 bridgehead atoms. The van der Waals surface area contributed by atoms with Crippen LogP contribution in [0.4, 0.5) is 0 Å². The zero-order valence-corrected chi connectivity index (χ0v) is 17.5. The molecule has 1 atom stereocenters. The summed E-state index contributed by atoms with van der Waals surface area (Å²) in [5.41, 5.74) is 3.54. The van der Waals surface area contributed by atoms with Crippen LogP contribution in [0.15, 0.2) is 53.4 Å². The van der Waals surface area contributed by atoms with Crippen LogP contribution >= 0.6 is 11.8 Å². The molecule has 2 N–H and O–H groups in total. The van der Waals surface area contributed by atoms with E-state index in [1.54, 1.807) is 39.5 Å². The average Bonchev–Trinajstić information content (AvgIpc) is 3.19. The summed E-state index contributed by atoms with van der Waals surface area (Å²) < 4.78 is 1.64. The number of amides is 1. The van der Waals surface area contributed by atoms with E-state index >= 15 is 0 Å². The number of rotatable bonds is 3. The number of carbonyl (C=O) groups is 2. The number of carboxylic acid groups (broad SMARTS) is 1. The topological polar surface area (TPSA) is 95.7 Å². The molecule has 31 heavy (non-hydrogen) atoms. The largest absolute Gasteiger partial charge is 0.476 e. The predicted molar refractivity (Wildman–Crippen MR) is 117 cm³/mol. The van der Waals surface area contributed by atoms with Gasteiger partial charge in [0, 0.05) is 40.4 Å². The summed E-state index contributed by atoms with van der Waals surface area (Å²) in [6.45, 7) is 0.943. The zero-order valence-electron chi connectivity index (χ0n) is 16.7. The molecule has 0 aliphatic carbocycles. The number of carboxylic acids is 1. The summed E-state index contributed by atoms with van der Waals surface area (Å²) in [7, 11) is 0. The standard InChI is InChI=1S/C23H21N3O4S/c27-16-7-4-10-25(12-16)22(28)14-5-3-6-15(11-14)26-21-17-8-1-2-9-19(17)31-13-18(21)20(24-26)23(29)30/h1-3,5-6,8-9,11,16,27H,4,7,10,12-13H2,(H,29,30). The number of piperidine rings is 1. The summed E-state index contributed by atoms with van der Waals surface area (Å²) in [4.78, 5) is 27.6. The van der Waals surface area contributed by atoms with Crippen LogP contribution in [0.1, 0.15) is 39.3 Å². The third-order valence-electron chi connectivity index (χ3n) is 5.72. The molecule has 8 heteroatoms. The molecule has 5 rings (SSSR count). The number of nitrogens with zero attached hydrogens (tertiary/aromatic N) is 3. The first-order valence-corrected chi connectivity index (χ1v) is 11.2. The maximum atomic E-state index is 13.0. The van der Waals surface area contributed by atoms with Crippen molar-refractivity contribution in [2.24, 2.45) is 0 Å². The Hall–Kier alpha value is -3.10. The summed E-state index contributed by atoms with van der Waals surface area (Å²) in [5.74, 6) is -0.682. The van der Waals surface area contributed by atoms with Crippen molar-refractivity contribution in [3.8, 4) is 16.9 Å². The first kappa shape index (κ1) is 19.8. The Morgan fingerprint density at radius 3 is 2.77 bits per heavy atom. The molecule has 2 aromatic carbocycles. The normalized spacial score (nSPS) is 17.7. The highest BCUT2D eigenvalue weighted by molar-refractivity contribution is 7.98. The molecule has 0 spiro atoms. The van der Waals surface area contributed by atoms with Gasteiger partial charge in [0.05, 0.1) is 17.5 Å². The van der Waals surface area contributed by atoms with E-state index in [9.17, 15) is 19.8 Å². The fourth-order valence-electron chi connectivity index (χ4n) is 4.25. The second-order valence-corrected chi connectivity index (χ2v) is 8.79. The van der Waals surface area contributed by atoms with Gasteiger partial charge in [-0.1, -0.05) is 24.3 Å². The van der Waals surface area contributed by atoms with Crippen LogP contribution in [-0.2, 0) is 5.75 Å². The lowest BCUT2D eigenvalue weighted by molar-refractivity contribution is 0.0473. The number of aromatic nitrogens is 2. The molecule has 1 aromatic heterocycles. The predicted octanol–water partition coefficient (Wildman–Crippen LogP) is 3.44. The minimum atomic E-state index is -1.07. The minimum absolute atomic E-state index is 0.0351. The second kappa shape index (κ2) is 7.86. The van der Waals surface area contributed by atoms with E-state index in [0.29, 0.717) is 42.1 Å². The summed E-state index contributed by atoms with van der Waals surface area (Å²) in [6.07, 6.45) is 0.986. The summed E-state index contributed by atoms with van der Waals surface area (Å²) in [6, 6.07) is 15.0. The van der Waals surface area contributed by atoms with Crippen LogP contribution in [0.5, 0.6) is 0 Å². The summed E-state index contributed by atoms with van der Waals surface area (Å²) >= 11 is 1.60. The van der Waals surface area contributed by atoms with Gasteiger partial charge in [-0.05, 0) is 37.1 Å². The minimum Gasteiger partial charge on any atom is -0.476 e. The molecule has 2 aliphatic rings. The van der Waals surface area contributed by atoms with Gasteiger partial charge in [-0.2, -0.15) is 5.10 Å². The molecular weight excluding hydrogens is 414 g/mol. The maximum absolute atomic E-state index is 13.0. The van der Waals surface area contributed by atoms with Crippen molar-refractivity contribution in [2.45, 2.75) is 29.6 Å².